The molecule has 2 unspecified atom stereocenters. The Morgan fingerprint density at radius 2 is 1.63 bits per heavy atom. The Morgan fingerprint density at radius 1 is 0.976 bits per heavy atom. The smallest absolute Gasteiger partial charge is 0.303 e. The van der Waals surface area contributed by atoms with E-state index in [-0.39, 0.29) is 29.8 Å². The molecule has 3 N–H and O–H groups in total. The van der Waals surface area contributed by atoms with E-state index < -0.39 is 5.97 Å². The van der Waals surface area contributed by atoms with Gasteiger partial charge in [0.25, 0.3) is 5.91 Å². The van der Waals surface area contributed by atoms with Crippen molar-refractivity contribution < 1.29 is 19.4 Å². The van der Waals surface area contributed by atoms with Gasteiger partial charge >= 0.3 is 5.97 Å². The molecular formula is C34H43N3O4. The molecule has 41 heavy (non-hydrogen) atoms. The third-order valence-corrected chi connectivity index (χ3v) is 7.96. The molecule has 7 nitrogen and oxygen atoms in total. The first kappa shape index (κ1) is 30.3. The molecule has 0 spiro atoms. The molecule has 1 amide bonds. The summed E-state index contributed by atoms with van der Waals surface area (Å²) in [7, 11) is 1.60. The summed E-state index contributed by atoms with van der Waals surface area (Å²) in [6, 6.07) is 23.3. The molecule has 3 aromatic carbocycles. The summed E-state index contributed by atoms with van der Waals surface area (Å²) in [4.78, 5) is 23.6. The van der Waals surface area contributed by atoms with Gasteiger partial charge in [0.05, 0.1) is 7.11 Å². The fraction of sp³-hybridized carbons (Fsp3) is 0.412. The number of carbonyl (C=O) groups excluding carboxylic acids is 1. The van der Waals surface area contributed by atoms with Gasteiger partial charge in [0, 0.05) is 12.5 Å². The van der Waals surface area contributed by atoms with Gasteiger partial charge in [-0.1, -0.05) is 82.3 Å². The number of benzene rings is 3. The summed E-state index contributed by atoms with van der Waals surface area (Å²) in [5.74, 6) is -0.108. The van der Waals surface area contributed by atoms with E-state index in [0.717, 1.165) is 42.4 Å². The molecular weight excluding hydrogens is 514 g/mol. The molecule has 0 saturated carbocycles. The van der Waals surface area contributed by atoms with Gasteiger partial charge in [-0.25, -0.2) is 5.01 Å². The van der Waals surface area contributed by atoms with Crippen molar-refractivity contribution in [3.63, 3.8) is 0 Å². The zero-order chi connectivity index (χ0) is 29.6. The SMILES string of the molecule is CCC1C(=O)NNN1C(CCc1ccc(C(C)(C)C)cc1)Cc1ccc(-c2ccc(OC)c(CCC(=O)O)c2)cc1. The lowest BCUT2D eigenvalue weighted by molar-refractivity contribution is -0.137. The number of hydrazine groups is 2. The van der Waals surface area contributed by atoms with Crippen molar-refractivity contribution in [2.45, 2.75) is 83.7 Å². The first-order valence-corrected chi connectivity index (χ1v) is 14.5. The van der Waals surface area contributed by atoms with Gasteiger partial charge in [0.1, 0.15) is 11.8 Å². The van der Waals surface area contributed by atoms with E-state index in [1.54, 1.807) is 7.11 Å². The van der Waals surface area contributed by atoms with Gasteiger partial charge in [0.15, 0.2) is 0 Å². The number of nitrogens with zero attached hydrogens (tertiary/aromatic N) is 1. The fourth-order valence-electron chi connectivity index (χ4n) is 5.48. The van der Waals surface area contributed by atoms with E-state index in [1.165, 1.54) is 16.7 Å². The molecule has 1 saturated heterocycles. The Labute approximate surface area is 243 Å². The standard InChI is InChI=1S/C34H43N3O4/c1-6-30-33(40)35-36-37(30)29(18-11-23-9-16-28(17-10-23)34(2,3)4)21-24-7-12-25(13-8-24)26-14-19-31(41-5)27(22-26)15-20-32(38)39/h7-10,12-14,16-17,19,22,29-30,36H,6,11,15,18,20-21H2,1-5H3,(H,35,40)(H,38,39). The topological polar surface area (TPSA) is 90.9 Å². The maximum Gasteiger partial charge on any atom is 0.303 e. The van der Waals surface area contributed by atoms with Crippen LogP contribution in [0.25, 0.3) is 11.1 Å². The van der Waals surface area contributed by atoms with Gasteiger partial charge < -0.3 is 9.84 Å². The number of aryl methyl sites for hydroxylation is 2. The minimum Gasteiger partial charge on any atom is -0.496 e. The van der Waals surface area contributed by atoms with Gasteiger partial charge in [0.2, 0.25) is 0 Å². The predicted octanol–water partition coefficient (Wildman–Crippen LogP) is 5.85. The molecule has 7 heteroatoms. The largest absolute Gasteiger partial charge is 0.496 e. The van der Waals surface area contributed by atoms with Crippen LogP contribution >= 0.6 is 0 Å². The van der Waals surface area contributed by atoms with Crippen molar-refractivity contribution in [1.29, 1.82) is 0 Å². The van der Waals surface area contributed by atoms with Crippen molar-refractivity contribution in [3.05, 3.63) is 89.0 Å². The number of methoxy groups -OCH3 is 1. The zero-order valence-electron chi connectivity index (χ0n) is 24.9. The number of carboxylic acid groups (broad SMARTS) is 1. The molecule has 1 aliphatic rings. The van der Waals surface area contributed by atoms with Crippen LogP contribution < -0.4 is 15.7 Å². The first-order valence-electron chi connectivity index (χ1n) is 14.5. The maximum absolute atomic E-state index is 12.5. The molecule has 0 radical (unpaired) electrons. The number of amides is 1. The Hall–Kier alpha value is -3.68. The van der Waals surface area contributed by atoms with Gasteiger partial charge in [-0.05, 0) is 83.0 Å². The van der Waals surface area contributed by atoms with E-state index in [1.807, 2.05) is 25.1 Å². The van der Waals surface area contributed by atoms with Gasteiger partial charge in [-0.2, -0.15) is 5.53 Å². The quantitative estimate of drug-likeness (QED) is 0.259. The summed E-state index contributed by atoms with van der Waals surface area (Å²) in [6.45, 7) is 8.72. The Balaban J connectivity index is 1.51. The molecule has 2 atom stereocenters. The van der Waals surface area contributed by atoms with Crippen molar-refractivity contribution in [3.8, 4) is 16.9 Å². The third kappa shape index (κ3) is 7.75. The maximum atomic E-state index is 12.5. The van der Waals surface area contributed by atoms with Crippen molar-refractivity contribution in [1.82, 2.24) is 16.0 Å². The highest BCUT2D eigenvalue weighted by Crippen LogP contribution is 2.29. The molecule has 218 valence electrons. The van der Waals surface area contributed by atoms with E-state index in [2.05, 4.69) is 85.3 Å². The second kappa shape index (κ2) is 13.3. The molecule has 1 aliphatic heterocycles. The minimum atomic E-state index is -0.826. The van der Waals surface area contributed by atoms with Crippen LogP contribution in [0, 0.1) is 0 Å². The fourth-order valence-corrected chi connectivity index (χ4v) is 5.48. The lowest BCUT2D eigenvalue weighted by Gasteiger charge is -2.30. The third-order valence-electron chi connectivity index (χ3n) is 7.96. The molecule has 3 aromatic rings. The van der Waals surface area contributed by atoms with Crippen molar-refractivity contribution >= 4 is 11.9 Å². The summed E-state index contributed by atoms with van der Waals surface area (Å²) in [5, 5.41) is 11.2. The van der Waals surface area contributed by atoms with Crippen LogP contribution in [0.5, 0.6) is 5.75 Å². The number of nitrogens with one attached hydrogen (secondary N) is 2. The van der Waals surface area contributed by atoms with Crippen LogP contribution in [0.4, 0.5) is 0 Å². The number of rotatable bonds is 12. The highest BCUT2D eigenvalue weighted by atomic mass is 16.5. The second-order valence-electron chi connectivity index (χ2n) is 11.9. The minimum absolute atomic E-state index is 0.0144. The highest BCUT2D eigenvalue weighted by Gasteiger charge is 2.35. The summed E-state index contributed by atoms with van der Waals surface area (Å²) in [6.07, 6.45) is 3.82. The molecule has 0 aromatic heterocycles. The van der Waals surface area contributed by atoms with Crippen LogP contribution in [0.2, 0.25) is 0 Å². The molecule has 0 bridgehead atoms. The number of aliphatic carboxylic acids is 1. The lowest BCUT2D eigenvalue weighted by Crippen LogP contribution is -2.48. The molecule has 1 fully saturated rings. The Kier molecular flexibility index (Phi) is 9.84. The highest BCUT2D eigenvalue weighted by molar-refractivity contribution is 5.82. The van der Waals surface area contributed by atoms with E-state index in [0.29, 0.717) is 12.2 Å². The number of ether oxygens (including phenoxy) is 1. The average Bonchev–Trinajstić information content (AvgIpc) is 3.34. The molecule has 1 heterocycles. The van der Waals surface area contributed by atoms with Gasteiger partial charge in [-0.3, -0.25) is 15.0 Å². The van der Waals surface area contributed by atoms with Gasteiger partial charge in [-0.15, -0.1) is 0 Å². The summed E-state index contributed by atoms with van der Waals surface area (Å²) < 4.78 is 5.45. The number of carboxylic acids is 1. The van der Waals surface area contributed by atoms with Crippen molar-refractivity contribution in [2.24, 2.45) is 0 Å². The predicted molar refractivity (Wildman–Crippen MR) is 163 cm³/mol. The molecule has 0 aliphatic carbocycles. The summed E-state index contributed by atoms with van der Waals surface area (Å²) in [5.41, 5.74) is 12.9. The number of hydrogen-bond acceptors (Lipinski definition) is 5. The normalized spacial score (nSPS) is 16.4. The van der Waals surface area contributed by atoms with E-state index in [4.69, 9.17) is 9.84 Å². The van der Waals surface area contributed by atoms with Crippen LogP contribution in [-0.4, -0.2) is 41.2 Å². The van der Waals surface area contributed by atoms with Crippen LogP contribution in [-0.2, 0) is 34.3 Å². The zero-order valence-corrected chi connectivity index (χ0v) is 24.9. The van der Waals surface area contributed by atoms with E-state index >= 15 is 0 Å². The first-order chi connectivity index (χ1) is 19.6. The van der Waals surface area contributed by atoms with Crippen LogP contribution in [0.3, 0.4) is 0 Å². The lowest BCUT2D eigenvalue weighted by atomic mass is 9.86. The Morgan fingerprint density at radius 3 is 2.24 bits per heavy atom. The van der Waals surface area contributed by atoms with Crippen molar-refractivity contribution in [2.75, 3.05) is 7.11 Å². The monoisotopic (exact) mass is 557 g/mol. The second-order valence-corrected chi connectivity index (χ2v) is 11.9. The molecule has 4 rings (SSSR count). The number of hydrogen-bond donors (Lipinski definition) is 3. The van der Waals surface area contributed by atoms with Crippen LogP contribution in [0.15, 0.2) is 66.7 Å². The number of carbonyl (C=O) groups is 2. The summed E-state index contributed by atoms with van der Waals surface area (Å²) >= 11 is 0. The Bertz CT molecular complexity index is 1330. The van der Waals surface area contributed by atoms with Crippen LogP contribution in [0.1, 0.15) is 69.2 Å². The average molecular weight is 558 g/mol. The van der Waals surface area contributed by atoms with E-state index in [9.17, 15) is 9.59 Å².